The van der Waals surface area contributed by atoms with Crippen molar-refractivity contribution in [1.82, 2.24) is 19.5 Å². The monoisotopic (exact) mass is 732 g/mol. The highest BCUT2D eigenvalue weighted by molar-refractivity contribution is 7.20. The van der Waals surface area contributed by atoms with Crippen molar-refractivity contribution in [3.63, 3.8) is 0 Å². The van der Waals surface area contributed by atoms with Gasteiger partial charge in [0.25, 0.3) is 0 Å². The van der Waals surface area contributed by atoms with Gasteiger partial charge in [0.05, 0.1) is 11.0 Å². The SMILES string of the molecule is c1ccc(-c2nc(-c3ccccc3)nc(-c3c([Si](c4ccccc4)(c4ccccc4)c4ccccc4)ccc4c5ccccc5n(-c5ccccc5)c34)n2)cc1. The first-order valence-corrected chi connectivity index (χ1v) is 21.0. The van der Waals surface area contributed by atoms with Crippen molar-refractivity contribution in [1.29, 1.82) is 0 Å². The zero-order valence-corrected chi connectivity index (χ0v) is 31.6. The number of benzene rings is 8. The summed E-state index contributed by atoms with van der Waals surface area (Å²) in [5.41, 5.74) is 6.14. The summed E-state index contributed by atoms with van der Waals surface area (Å²) in [6.45, 7) is 0. The summed E-state index contributed by atoms with van der Waals surface area (Å²) in [5, 5.41) is 7.36. The van der Waals surface area contributed by atoms with Crippen LogP contribution >= 0.6 is 0 Å². The fourth-order valence-corrected chi connectivity index (χ4v) is 13.3. The molecule has 10 aromatic rings. The van der Waals surface area contributed by atoms with E-state index in [4.69, 9.17) is 15.0 Å². The fraction of sp³-hybridized carbons (Fsp3) is 0. The summed E-state index contributed by atoms with van der Waals surface area (Å²) in [6, 6.07) is 77.9. The van der Waals surface area contributed by atoms with E-state index >= 15 is 0 Å². The van der Waals surface area contributed by atoms with Crippen LogP contribution in [0.2, 0.25) is 0 Å². The van der Waals surface area contributed by atoms with Crippen LogP contribution < -0.4 is 20.7 Å². The van der Waals surface area contributed by atoms with Crippen LogP contribution in [0.1, 0.15) is 0 Å². The second-order valence-corrected chi connectivity index (χ2v) is 17.7. The van der Waals surface area contributed by atoms with Crippen LogP contribution in [0.3, 0.4) is 0 Å². The third-order valence-corrected chi connectivity index (χ3v) is 15.6. The first-order valence-electron chi connectivity index (χ1n) is 19.0. The van der Waals surface area contributed by atoms with Gasteiger partial charge in [0, 0.05) is 33.2 Å². The van der Waals surface area contributed by atoms with Gasteiger partial charge in [-0.25, -0.2) is 15.0 Å². The van der Waals surface area contributed by atoms with Gasteiger partial charge in [-0.05, 0) is 38.9 Å². The topological polar surface area (TPSA) is 43.6 Å². The molecule has 0 aliphatic rings. The van der Waals surface area contributed by atoms with Crippen LogP contribution in [0.15, 0.2) is 218 Å². The van der Waals surface area contributed by atoms with Gasteiger partial charge in [0.15, 0.2) is 25.5 Å². The molecule has 4 nitrogen and oxygen atoms in total. The molecule has 0 radical (unpaired) electrons. The minimum Gasteiger partial charge on any atom is -0.309 e. The van der Waals surface area contributed by atoms with Gasteiger partial charge in [-0.15, -0.1) is 0 Å². The van der Waals surface area contributed by atoms with E-state index in [0.29, 0.717) is 17.5 Å². The molecular formula is C51H36N4Si. The molecule has 0 saturated heterocycles. The average Bonchev–Trinajstić information content (AvgIpc) is 3.63. The summed E-state index contributed by atoms with van der Waals surface area (Å²) in [6.07, 6.45) is 0. The van der Waals surface area contributed by atoms with Gasteiger partial charge >= 0.3 is 0 Å². The van der Waals surface area contributed by atoms with Crippen LogP contribution in [0.5, 0.6) is 0 Å². The zero-order chi connectivity index (χ0) is 37.3. The number of aromatic nitrogens is 4. The van der Waals surface area contributed by atoms with Crippen molar-refractivity contribution in [2.45, 2.75) is 0 Å². The number of fused-ring (bicyclic) bond motifs is 3. The molecule has 2 heterocycles. The Morgan fingerprint density at radius 1 is 0.339 bits per heavy atom. The van der Waals surface area contributed by atoms with Crippen molar-refractivity contribution >= 4 is 50.6 Å². The molecule has 0 saturated carbocycles. The van der Waals surface area contributed by atoms with E-state index in [0.717, 1.165) is 38.8 Å². The van der Waals surface area contributed by atoms with Crippen molar-refractivity contribution in [3.8, 4) is 39.9 Å². The second-order valence-electron chi connectivity index (χ2n) is 14.0. The van der Waals surface area contributed by atoms with Gasteiger partial charge in [0.2, 0.25) is 0 Å². The lowest BCUT2D eigenvalue weighted by molar-refractivity contribution is 1.07. The van der Waals surface area contributed by atoms with Crippen LogP contribution in [0, 0.1) is 0 Å². The molecule has 0 unspecified atom stereocenters. The molecule has 0 bridgehead atoms. The molecule has 0 aliphatic carbocycles. The zero-order valence-electron chi connectivity index (χ0n) is 30.6. The first-order chi connectivity index (χ1) is 27.8. The van der Waals surface area contributed by atoms with Crippen LogP contribution in [-0.2, 0) is 0 Å². The smallest absolute Gasteiger partial charge is 0.180 e. The minimum atomic E-state index is -3.12. The highest BCUT2D eigenvalue weighted by Crippen LogP contribution is 2.38. The van der Waals surface area contributed by atoms with E-state index in [-0.39, 0.29) is 0 Å². The Labute approximate surface area is 327 Å². The molecule has 0 fully saturated rings. The molecular weight excluding hydrogens is 697 g/mol. The maximum atomic E-state index is 5.50. The number of hydrogen-bond acceptors (Lipinski definition) is 3. The highest BCUT2D eigenvalue weighted by Gasteiger charge is 2.44. The summed E-state index contributed by atoms with van der Waals surface area (Å²) in [4.78, 5) is 16.1. The van der Waals surface area contributed by atoms with Crippen molar-refractivity contribution < 1.29 is 0 Å². The lowest BCUT2D eigenvalue weighted by Gasteiger charge is -2.36. The predicted molar refractivity (Wildman–Crippen MR) is 234 cm³/mol. The molecule has 2 aromatic heterocycles. The largest absolute Gasteiger partial charge is 0.309 e. The Morgan fingerprint density at radius 2 is 0.750 bits per heavy atom. The Bertz CT molecular complexity index is 2780. The molecule has 264 valence electrons. The number of nitrogens with zero attached hydrogens (tertiary/aromatic N) is 4. The Morgan fingerprint density at radius 3 is 1.25 bits per heavy atom. The Kier molecular flexibility index (Phi) is 8.47. The van der Waals surface area contributed by atoms with Crippen molar-refractivity contribution in [2.75, 3.05) is 0 Å². The quantitative estimate of drug-likeness (QED) is 0.116. The van der Waals surface area contributed by atoms with Crippen LogP contribution in [0.4, 0.5) is 0 Å². The van der Waals surface area contributed by atoms with E-state index in [1.807, 2.05) is 36.4 Å². The van der Waals surface area contributed by atoms with E-state index in [2.05, 4.69) is 187 Å². The molecule has 0 atom stereocenters. The van der Waals surface area contributed by atoms with Gasteiger partial charge < -0.3 is 4.57 Å². The molecule has 0 N–H and O–H groups in total. The predicted octanol–water partition coefficient (Wildman–Crippen LogP) is 9.35. The third kappa shape index (κ3) is 5.56. The maximum Gasteiger partial charge on any atom is 0.180 e. The highest BCUT2D eigenvalue weighted by atomic mass is 28.3. The van der Waals surface area contributed by atoms with Gasteiger partial charge in [-0.1, -0.05) is 200 Å². The van der Waals surface area contributed by atoms with Crippen LogP contribution in [-0.4, -0.2) is 27.6 Å². The Balaban J connectivity index is 1.46. The summed E-state index contributed by atoms with van der Waals surface area (Å²) >= 11 is 0. The molecule has 10 rings (SSSR count). The van der Waals surface area contributed by atoms with E-state index in [1.54, 1.807) is 0 Å². The summed E-state index contributed by atoms with van der Waals surface area (Å²) < 4.78 is 2.41. The van der Waals surface area contributed by atoms with Crippen molar-refractivity contribution in [2.24, 2.45) is 0 Å². The molecule has 0 spiro atoms. The first kappa shape index (κ1) is 33.4. The van der Waals surface area contributed by atoms with Crippen LogP contribution in [0.25, 0.3) is 61.7 Å². The maximum absolute atomic E-state index is 5.50. The fourth-order valence-electron chi connectivity index (χ4n) is 8.39. The number of rotatable bonds is 8. The Hall–Kier alpha value is -7.21. The molecule has 0 aliphatic heterocycles. The van der Waals surface area contributed by atoms with Crippen molar-refractivity contribution in [3.05, 3.63) is 218 Å². The molecule has 0 amide bonds. The summed E-state index contributed by atoms with van der Waals surface area (Å²) in [7, 11) is -3.12. The lowest BCUT2D eigenvalue weighted by atomic mass is 10.1. The normalized spacial score (nSPS) is 11.6. The van der Waals surface area contributed by atoms with Gasteiger partial charge in [0.1, 0.15) is 0 Å². The summed E-state index contributed by atoms with van der Waals surface area (Å²) in [5.74, 6) is 1.90. The second kappa shape index (κ2) is 14.2. The third-order valence-electron chi connectivity index (χ3n) is 10.8. The van der Waals surface area contributed by atoms with Gasteiger partial charge in [-0.2, -0.15) is 0 Å². The lowest BCUT2D eigenvalue weighted by Crippen LogP contribution is -2.75. The molecule has 5 heteroatoms. The van der Waals surface area contributed by atoms with Gasteiger partial charge in [-0.3, -0.25) is 0 Å². The van der Waals surface area contributed by atoms with E-state index in [9.17, 15) is 0 Å². The number of hydrogen-bond donors (Lipinski definition) is 0. The average molecular weight is 733 g/mol. The standard InChI is InChI=1S/C51H36N4Si/c1-7-21-37(22-8-1)49-52-50(38-23-9-2-10-24-38)54-51(53-49)47-46(36-35-44-43-33-19-20-34-45(43)55(48(44)47)39-25-11-3-12-26-39)56(40-27-13-4-14-28-40,41-29-15-5-16-30-41)42-31-17-6-18-32-42/h1-36H. The van der Waals surface area contributed by atoms with E-state index in [1.165, 1.54) is 26.1 Å². The minimum absolute atomic E-state index is 0.631. The molecule has 56 heavy (non-hydrogen) atoms. The van der Waals surface area contributed by atoms with E-state index < -0.39 is 8.07 Å². The number of para-hydroxylation sites is 2. The molecule has 8 aromatic carbocycles.